The second-order valence-corrected chi connectivity index (χ2v) is 3.85. The largest absolute Gasteiger partial charge is 0.860 e. The summed E-state index contributed by atoms with van der Waals surface area (Å²) in [7, 11) is -4.67. The molecule has 0 aliphatic carbocycles. The molecular weight excluding hydrogens is 208 g/mol. The van der Waals surface area contributed by atoms with E-state index in [1.807, 2.05) is 0 Å². The third kappa shape index (κ3) is 4.50. The van der Waals surface area contributed by atoms with Gasteiger partial charge in [-0.15, -0.1) is 11.6 Å². The standard InChI is InChI=1S/C4H9ClN2O4S/c1-2(5)3(6)4(8)7-12(9,10)11/h2-3H,6H2,1H3,(H,7,8)(H,9,10,11)/p-1/t2-,3-/m0/s1. The van der Waals surface area contributed by atoms with Crippen LogP contribution in [0.4, 0.5) is 0 Å². The van der Waals surface area contributed by atoms with Crippen molar-refractivity contribution < 1.29 is 18.1 Å². The zero-order chi connectivity index (χ0) is 9.94. The lowest BCUT2D eigenvalue weighted by Gasteiger charge is -2.19. The highest BCUT2D eigenvalue weighted by molar-refractivity contribution is 7.84. The van der Waals surface area contributed by atoms with E-state index in [9.17, 15) is 13.5 Å². The summed E-state index contributed by atoms with van der Waals surface area (Å²) >= 11 is 5.37. The molecule has 0 aromatic heterocycles. The van der Waals surface area contributed by atoms with Crippen molar-refractivity contribution in [1.82, 2.24) is 0 Å². The second-order valence-electron chi connectivity index (χ2n) is 2.08. The van der Waals surface area contributed by atoms with Crippen molar-refractivity contribution in [3.63, 3.8) is 0 Å². The first-order chi connectivity index (χ1) is 5.24. The van der Waals surface area contributed by atoms with Crippen LogP contribution in [-0.4, -0.2) is 30.3 Å². The van der Waals surface area contributed by atoms with E-state index in [-0.39, 0.29) is 0 Å². The summed E-state index contributed by atoms with van der Waals surface area (Å²) in [6.45, 7) is 1.41. The van der Waals surface area contributed by atoms with E-state index in [1.165, 1.54) is 6.92 Å². The number of hydrogen-bond acceptors (Lipinski definition) is 4. The van der Waals surface area contributed by atoms with Crippen LogP contribution in [0.5, 0.6) is 0 Å². The zero-order valence-electron chi connectivity index (χ0n) is 6.14. The Kier molecular flexibility index (Phi) is 3.91. The van der Waals surface area contributed by atoms with Gasteiger partial charge >= 0.3 is 10.3 Å². The molecule has 12 heavy (non-hydrogen) atoms. The normalized spacial score (nSPS) is 18.8. The average Bonchev–Trinajstić information content (AvgIpc) is 1.82. The molecule has 8 heteroatoms. The quantitative estimate of drug-likeness (QED) is 0.257. The third-order valence-corrected chi connectivity index (χ3v) is 1.67. The summed E-state index contributed by atoms with van der Waals surface area (Å²) in [6, 6.07) is -1.23. The third-order valence-electron chi connectivity index (χ3n) is 0.985. The van der Waals surface area contributed by atoms with Gasteiger partial charge in [-0.05, 0) is 12.8 Å². The van der Waals surface area contributed by atoms with Gasteiger partial charge in [-0.1, -0.05) is 0 Å². The predicted molar refractivity (Wildman–Crippen MR) is 42.3 cm³/mol. The van der Waals surface area contributed by atoms with Crippen LogP contribution in [0.25, 0.3) is 0 Å². The van der Waals surface area contributed by atoms with Crippen LogP contribution >= 0.6 is 11.6 Å². The molecule has 0 aromatic carbocycles. The molecule has 3 N–H and O–H groups in total. The highest BCUT2D eigenvalue weighted by atomic mass is 35.5. The SMILES string of the molecule is C[C@H](Cl)[C@H](N)C([O-])=NS(=O)(=O)O. The summed E-state index contributed by atoms with van der Waals surface area (Å²) in [4.78, 5) is 0. The maximum absolute atomic E-state index is 10.7. The van der Waals surface area contributed by atoms with Gasteiger partial charge in [0.15, 0.2) is 0 Å². The molecule has 0 bridgehead atoms. The summed E-state index contributed by atoms with van der Waals surface area (Å²) in [6.07, 6.45) is 0. The molecule has 0 saturated carbocycles. The van der Waals surface area contributed by atoms with Crippen molar-refractivity contribution in [2.75, 3.05) is 0 Å². The van der Waals surface area contributed by atoms with Gasteiger partial charge in [0.25, 0.3) is 0 Å². The lowest BCUT2D eigenvalue weighted by molar-refractivity contribution is -0.219. The first-order valence-electron chi connectivity index (χ1n) is 2.88. The van der Waals surface area contributed by atoms with Crippen LogP contribution in [0.2, 0.25) is 0 Å². The predicted octanol–water partition coefficient (Wildman–Crippen LogP) is -1.50. The van der Waals surface area contributed by atoms with E-state index in [2.05, 4.69) is 4.40 Å². The van der Waals surface area contributed by atoms with E-state index in [0.717, 1.165) is 0 Å². The Balaban J connectivity index is 4.61. The molecule has 0 saturated heterocycles. The molecule has 2 atom stereocenters. The first-order valence-corrected chi connectivity index (χ1v) is 4.71. The zero-order valence-corrected chi connectivity index (χ0v) is 7.71. The Morgan fingerprint density at radius 3 is 2.42 bits per heavy atom. The van der Waals surface area contributed by atoms with Gasteiger partial charge in [0.05, 0.1) is 5.38 Å². The van der Waals surface area contributed by atoms with Crippen LogP contribution in [0.3, 0.4) is 0 Å². The summed E-state index contributed by atoms with van der Waals surface area (Å²) in [5, 5.41) is 9.94. The first kappa shape index (κ1) is 11.6. The number of nitrogens with zero attached hydrogens (tertiary/aromatic N) is 1. The monoisotopic (exact) mass is 215 g/mol. The van der Waals surface area contributed by atoms with Crippen molar-refractivity contribution in [3.05, 3.63) is 0 Å². The highest BCUT2D eigenvalue weighted by Gasteiger charge is 2.11. The van der Waals surface area contributed by atoms with Crippen LogP contribution in [-0.2, 0) is 10.3 Å². The fraction of sp³-hybridized carbons (Fsp3) is 0.750. The molecule has 0 fully saturated rings. The van der Waals surface area contributed by atoms with Crippen LogP contribution in [0.15, 0.2) is 4.40 Å². The van der Waals surface area contributed by atoms with Gasteiger partial charge in [-0.2, -0.15) is 12.8 Å². The smallest absolute Gasteiger partial charge is 0.377 e. The summed E-state index contributed by atoms with van der Waals surface area (Å²) in [5.41, 5.74) is 5.12. The summed E-state index contributed by atoms with van der Waals surface area (Å²) < 4.78 is 30.6. The molecule has 0 amide bonds. The van der Waals surface area contributed by atoms with Crippen molar-refractivity contribution in [1.29, 1.82) is 0 Å². The fourth-order valence-electron chi connectivity index (χ4n) is 0.371. The Morgan fingerprint density at radius 1 is 1.75 bits per heavy atom. The van der Waals surface area contributed by atoms with E-state index in [4.69, 9.17) is 21.9 Å². The van der Waals surface area contributed by atoms with E-state index >= 15 is 0 Å². The van der Waals surface area contributed by atoms with Crippen molar-refractivity contribution in [2.45, 2.75) is 18.3 Å². The Bertz CT molecular complexity index is 273. The van der Waals surface area contributed by atoms with Gasteiger partial charge in [0.1, 0.15) is 0 Å². The molecule has 0 aromatic rings. The maximum atomic E-state index is 10.7. The van der Waals surface area contributed by atoms with E-state index < -0.39 is 27.6 Å². The van der Waals surface area contributed by atoms with Crippen molar-refractivity contribution in [3.8, 4) is 0 Å². The number of halogens is 1. The Labute approximate surface area is 74.9 Å². The van der Waals surface area contributed by atoms with Crippen LogP contribution in [0, 0.1) is 0 Å². The van der Waals surface area contributed by atoms with Gasteiger partial charge < -0.3 is 10.8 Å². The molecule has 72 valence electrons. The maximum Gasteiger partial charge on any atom is 0.377 e. The molecule has 0 aliphatic rings. The molecule has 0 unspecified atom stereocenters. The number of nitrogens with two attached hydrogens (primary N) is 1. The number of rotatable bonds is 3. The number of alkyl halides is 1. The van der Waals surface area contributed by atoms with E-state index in [0.29, 0.717) is 0 Å². The lowest BCUT2D eigenvalue weighted by atomic mass is 10.2. The molecule has 0 rings (SSSR count). The van der Waals surface area contributed by atoms with Crippen molar-refractivity contribution in [2.24, 2.45) is 10.1 Å². The summed E-state index contributed by atoms with van der Waals surface area (Å²) in [5.74, 6) is -1.17. The number of hydrogen-bond donors (Lipinski definition) is 2. The Hall–Kier alpha value is -0.370. The Morgan fingerprint density at radius 2 is 2.17 bits per heavy atom. The van der Waals surface area contributed by atoms with Gasteiger partial charge in [-0.25, -0.2) is 0 Å². The van der Waals surface area contributed by atoms with Crippen LogP contribution in [0.1, 0.15) is 6.92 Å². The minimum absolute atomic E-state index is 0.747. The van der Waals surface area contributed by atoms with Gasteiger partial charge in [-0.3, -0.25) is 4.55 Å². The topological polar surface area (TPSA) is 116 Å². The minimum atomic E-state index is -4.67. The molecule has 0 radical (unpaired) electrons. The average molecular weight is 216 g/mol. The second kappa shape index (κ2) is 4.04. The fourth-order valence-corrected chi connectivity index (χ4v) is 0.828. The molecule has 0 aliphatic heterocycles. The molecule has 0 heterocycles. The highest BCUT2D eigenvalue weighted by Crippen LogP contribution is 1.99. The van der Waals surface area contributed by atoms with Crippen LogP contribution < -0.4 is 10.8 Å². The molecule has 0 spiro atoms. The lowest BCUT2D eigenvalue weighted by Crippen LogP contribution is -2.45. The van der Waals surface area contributed by atoms with Crippen molar-refractivity contribution >= 4 is 27.8 Å². The molecular formula is C4H8ClN2O4S-. The van der Waals surface area contributed by atoms with Gasteiger partial charge in [0.2, 0.25) is 0 Å². The van der Waals surface area contributed by atoms with E-state index in [1.54, 1.807) is 0 Å². The van der Waals surface area contributed by atoms with Gasteiger partial charge in [0, 0.05) is 6.04 Å². The molecule has 6 nitrogen and oxygen atoms in total. The minimum Gasteiger partial charge on any atom is -0.860 e.